The van der Waals surface area contributed by atoms with E-state index in [0.29, 0.717) is 6.61 Å². The number of rotatable bonds is 5. The van der Waals surface area contributed by atoms with Gasteiger partial charge < -0.3 is 15.4 Å². The van der Waals surface area contributed by atoms with E-state index in [1.807, 2.05) is 18.2 Å². The van der Waals surface area contributed by atoms with Crippen molar-refractivity contribution in [3.8, 4) is 0 Å². The number of nitrogens with one attached hydrogen (secondary N) is 2. The molecule has 1 aliphatic heterocycles. The molecule has 1 saturated heterocycles. The number of aryl methyl sites for hydroxylation is 1. The van der Waals surface area contributed by atoms with Crippen LogP contribution in [0.1, 0.15) is 52.5 Å². The lowest BCUT2D eigenvalue weighted by Gasteiger charge is -2.46. The summed E-state index contributed by atoms with van der Waals surface area (Å²) < 4.78 is 5.33. The number of amides is 1. The Morgan fingerprint density at radius 3 is 2.39 bits per heavy atom. The molecule has 0 saturated carbocycles. The fourth-order valence-corrected chi connectivity index (χ4v) is 3.72. The summed E-state index contributed by atoms with van der Waals surface area (Å²) in [6.45, 7) is 9.15. The van der Waals surface area contributed by atoms with Crippen LogP contribution in [0.2, 0.25) is 0 Å². The molecule has 0 spiro atoms. The number of carbonyl (C=O) groups excluding carboxylic acids is 1. The van der Waals surface area contributed by atoms with Gasteiger partial charge in [-0.15, -0.1) is 0 Å². The van der Waals surface area contributed by atoms with Crippen LogP contribution in [0.15, 0.2) is 30.3 Å². The van der Waals surface area contributed by atoms with Crippen molar-refractivity contribution >= 4 is 6.09 Å². The third-order valence-electron chi connectivity index (χ3n) is 4.20. The third-order valence-corrected chi connectivity index (χ3v) is 4.20. The summed E-state index contributed by atoms with van der Waals surface area (Å²) >= 11 is 0. The number of ether oxygens (including phenoxy) is 1. The second-order valence-electron chi connectivity index (χ2n) is 7.87. The highest BCUT2D eigenvalue weighted by atomic mass is 16.5. The lowest BCUT2D eigenvalue weighted by molar-refractivity contribution is 0.115. The summed E-state index contributed by atoms with van der Waals surface area (Å²) in [6, 6.07) is 10.4. The van der Waals surface area contributed by atoms with Gasteiger partial charge >= 0.3 is 6.09 Å². The maximum atomic E-state index is 12.0. The van der Waals surface area contributed by atoms with E-state index >= 15 is 0 Å². The van der Waals surface area contributed by atoms with Crippen LogP contribution in [-0.4, -0.2) is 29.8 Å². The van der Waals surface area contributed by atoms with Crippen LogP contribution in [0.25, 0.3) is 0 Å². The van der Waals surface area contributed by atoms with Crippen LogP contribution in [-0.2, 0) is 11.2 Å². The summed E-state index contributed by atoms with van der Waals surface area (Å²) in [7, 11) is 0. The predicted octanol–water partition coefficient (Wildman–Crippen LogP) is 3.65. The Balaban J connectivity index is 1.70. The van der Waals surface area contributed by atoms with Crippen molar-refractivity contribution in [2.45, 2.75) is 70.5 Å². The maximum Gasteiger partial charge on any atom is 0.407 e. The van der Waals surface area contributed by atoms with Gasteiger partial charge in [-0.1, -0.05) is 30.3 Å². The molecular weight excluding hydrogens is 288 g/mol. The van der Waals surface area contributed by atoms with Gasteiger partial charge in [0.15, 0.2) is 0 Å². The molecule has 2 N–H and O–H groups in total. The van der Waals surface area contributed by atoms with E-state index in [1.54, 1.807) is 0 Å². The van der Waals surface area contributed by atoms with Crippen LogP contribution >= 0.6 is 0 Å². The molecule has 0 aromatic heterocycles. The number of hydrogen-bond acceptors (Lipinski definition) is 3. The molecule has 0 bridgehead atoms. The SMILES string of the molecule is CC1(C)CC(NC(=O)OCCCc2ccccc2)CC(C)(C)N1. The van der Waals surface area contributed by atoms with Crippen LogP contribution in [0.3, 0.4) is 0 Å². The maximum absolute atomic E-state index is 12.0. The van der Waals surface area contributed by atoms with E-state index in [1.165, 1.54) is 5.56 Å². The average Bonchev–Trinajstić information content (AvgIpc) is 2.41. The highest BCUT2D eigenvalue weighted by Crippen LogP contribution is 2.28. The van der Waals surface area contributed by atoms with Gasteiger partial charge in [-0.2, -0.15) is 0 Å². The molecule has 1 fully saturated rings. The number of hydrogen-bond donors (Lipinski definition) is 2. The molecule has 0 radical (unpaired) electrons. The third kappa shape index (κ3) is 6.22. The number of benzene rings is 1. The molecule has 0 atom stereocenters. The van der Waals surface area contributed by atoms with Gasteiger partial charge in [0.25, 0.3) is 0 Å². The molecule has 4 heteroatoms. The minimum absolute atomic E-state index is 0.0208. The molecule has 1 aliphatic rings. The zero-order valence-electron chi connectivity index (χ0n) is 14.8. The van der Waals surface area contributed by atoms with Crippen LogP contribution < -0.4 is 10.6 Å². The second kappa shape index (κ2) is 7.35. The van der Waals surface area contributed by atoms with Crippen molar-refractivity contribution in [1.82, 2.24) is 10.6 Å². The van der Waals surface area contributed by atoms with Crippen molar-refractivity contribution in [2.75, 3.05) is 6.61 Å². The summed E-state index contributed by atoms with van der Waals surface area (Å²) in [4.78, 5) is 12.0. The van der Waals surface area contributed by atoms with Gasteiger partial charge in [-0.05, 0) is 58.9 Å². The summed E-state index contributed by atoms with van der Waals surface area (Å²) in [5.41, 5.74) is 1.32. The number of carbonyl (C=O) groups is 1. The Labute approximate surface area is 140 Å². The molecule has 1 heterocycles. The van der Waals surface area contributed by atoms with E-state index in [0.717, 1.165) is 25.7 Å². The van der Waals surface area contributed by atoms with E-state index in [-0.39, 0.29) is 23.2 Å². The van der Waals surface area contributed by atoms with Crippen molar-refractivity contribution < 1.29 is 9.53 Å². The fourth-order valence-electron chi connectivity index (χ4n) is 3.72. The van der Waals surface area contributed by atoms with Gasteiger partial charge in [-0.3, -0.25) is 0 Å². The van der Waals surface area contributed by atoms with Crippen molar-refractivity contribution in [3.05, 3.63) is 35.9 Å². The highest BCUT2D eigenvalue weighted by Gasteiger charge is 2.38. The Morgan fingerprint density at radius 1 is 1.17 bits per heavy atom. The molecule has 1 aromatic rings. The average molecular weight is 318 g/mol. The lowest BCUT2D eigenvalue weighted by atomic mass is 9.80. The minimum Gasteiger partial charge on any atom is -0.450 e. The summed E-state index contributed by atoms with van der Waals surface area (Å²) in [5, 5.41) is 6.64. The lowest BCUT2D eigenvalue weighted by Crippen LogP contribution is -2.62. The topological polar surface area (TPSA) is 50.4 Å². The first-order valence-corrected chi connectivity index (χ1v) is 8.52. The van der Waals surface area contributed by atoms with Crippen LogP contribution in [0.4, 0.5) is 4.79 Å². The molecular formula is C19H30N2O2. The molecule has 1 amide bonds. The Morgan fingerprint density at radius 2 is 1.78 bits per heavy atom. The summed E-state index contributed by atoms with van der Waals surface area (Å²) in [6.07, 6.45) is 3.31. The minimum atomic E-state index is -0.295. The Kier molecular flexibility index (Phi) is 5.69. The quantitative estimate of drug-likeness (QED) is 0.815. The zero-order valence-corrected chi connectivity index (χ0v) is 14.8. The number of alkyl carbamates (subject to hydrolysis) is 1. The zero-order chi connectivity index (χ0) is 16.9. The van der Waals surface area contributed by atoms with Gasteiger partial charge in [-0.25, -0.2) is 4.79 Å². The largest absolute Gasteiger partial charge is 0.450 e. The number of piperidine rings is 1. The molecule has 23 heavy (non-hydrogen) atoms. The van der Waals surface area contributed by atoms with Gasteiger partial charge in [0.2, 0.25) is 0 Å². The smallest absolute Gasteiger partial charge is 0.407 e. The molecule has 4 nitrogen and oxygen atoms in total. The van der Waals surface area contributed by atoms with E-state index in [4.69, 9.17) is 4.74 Å². The standard InChI is InChI=1S/C19H30N2O2/c1-18(2)13-16(14-19(3,4)21-18)20-17(22)23-12-8-11-15-9-6-5-7-10-15/h5-7,9-10,16,21H,8,11-14H2,1-4H3,(H,20,22). The van der Waals surface area contributed by atoms with Gasteiger partial charge in [0, 0.05) is 17.1 Å². The normalized spacial score (nSPS) is 20.0. The van der Waals surface area contributed by atoms with Crippen LogP contribution in [0.5, 0.6) is 0 Å². The first-order valence-electron chi connectivity index (χ1n) is 8.52. The Hall–Kier alpha value is -1.55. The monoisotopic (exact) mass is 318 g/mol. The van der Waals surface area contributed by atoms with Crippen LogP contribution in [0, 0.1) is 0 Å². The summed E-state index contributed by atoms with van der Waals surface area (Å²) in [5.74, 6) is 0. The molecule has 2 rings (SSSR count). The van der Waals surface area contributed by atoms with E-state index in [2.05, 4.69) is 50.5 Å². The van der Waals surface area contributed by atoms with E-state index < -0.39 is 0 Å². The van der Waals surface area contributed by atoms with Crippen molar-refractivity contribution in [3.63, 3.8) is 0 Å². The first-order chi connectivity index (χ1) is 10.8. The predicted molar refractivity (Wildman–Crippen MR) is 93.6 cm³/mol. The highest BCUT2D eigenvalue weighted by molar-refractivity contribution is 5.67. The second-order valence-corrected chi connectivity index (χ2v) is 7.87. The van der Waals surface area contributed by atoms with Gasteiger partial charge in [0.1, 0.15) is 0 Å². The Bertz CT molecular complexity index is 495. The molecule has 0 aliphatic carbocycles. The fraction of sp³-hybridized carbons (Fsp3) is 0.632. The van der Waals surface area contributed by atoms with Crippen molar-refractivity contribution in [2.24, 2.45) is 0 Å². The van der Waals surface area contributed by atoms with Crippen molar-refractivity contribution in [1.29, 1.82) is 0 Å². The molecule has 128 valence electrons. The molecule has 0 unspecified atom stereocenters. The van der Waals surface area contributed by atoms with E-state index in [9.17, 15) is 4.79 Å². The van der Waals surface area contributed by atoms with Gasteiger partial charge in [0.05, 0.1) is 6.61 Å². The first kappa shape index (κ1) is 17.8. The molecule has 1 aromatic carbocycles.